The normalized spacial score (nSPS) is 12.4. The van der Waals surface area contributed by atoms with Gasteiger partial charge >= 0.3 is 0 Å². The maximum absolute atomic E-state index is 5.70. The van der Waals surface area contributed by atoms with E-state index in [1.807, 2.05) is 30.3 Å². The van der Waals surface area contributed by atoms with Crippen LogP contribution in [0.4, 0.5) is 0 Å². The van der Waals surface area contributed by atoms with Crippen LogP contribution < -0.4 is 11.3 Å². The van der Waals surface area contributed by atoms with Crippen LogP contribution in [0.15, 0.2) is 59.5 Å². The molecule has 0 bridgehead atoms. The molecule has 0 amide bonds. The summed E-state index contributed by atoms with van der Waals surface area (Å²) in [6, 6.07) is 18.6. The summed E-state index contributed by atoms with van der Waals surface area (Å²) in [5.74, 6) is 5.70. The lowest BCUT2D eigenvalue weighted by molar-refractivity contribution is 0.628. The average molecular weight is 244 g/mol. The highest BCUT2D eigenvalue weighted by atomic mass is 32.2. The SMILES string of the molecule is CSc1ccccc1C(NN)c1ccccc1. The highest BCUT2D eigenvalue weighted by Gasteiger charge is 2.14. The molecule has 1 unspecified atom stereocenters. The number of rotatable bonds is 4. The third-order valence-electron chi connectivity index (χ3n) is 2.75. The first kappa shape index (κ1) is 12.2. The van der Waals surface area contributed by atoms with Crippen LogP contribution in [0.1, 0.15) is 17.2 Å². The van der Waals surface area contributed by atoms with Gasteiger partial charge in [-0.3, -0.25) is 5.84 Å². The van der Waals surface area contributed by atoms with Crippen molar-refractivity contribution in [3.05, 3.63) is 65.7 Å². The smallest absolute Gasteiger partial charge is 0.0720 e. The van der Waals surface area contributed by atoms with E-state index in [0.29, 0.717) is 0 Å². The quantitative estimate of drug-likeness (QED) is 0.493. The zero-order valence-electron chi connectivity index (χ0n) is 9.76. The summed E-state index contributed by atoms with van der Waals surface area (Å²) in [4.78, 5) is 1.25. The number of hydrogen-bond acceptors (Lipinski definition) is 3. The maximum Gasteiger partial charge on any atom is 0.0720 e. The van der Waals surface area contributed by atoms with Gasteiger partial charge in [0, 0.05) is 4.90 Å². The Balaban J connectivity index is 2.42. The highest BCUT2D eigenvalue weighted by Crippen LogP contribution is 2.29. The second-order valence-corrected chi connectivity index (χ2v) is 4.60. The second kappa shape index (κ2) is 5.87. The molecule has 2 rings (SSSR count). The van der Waals surface area contributed by atoms with E-state index in [1.54, 1.807) is 11.8 Å². The fourth-order valence-corrected chi connectivity index (χ4v) is 2.55. The summed E-state index contributed by atoms with van der Waals surface area (Å²) in [5, 5.41) is 0. The van der Waals surface area contributed by atoms with Gasteiger partial charge in [0.2, 0.25) is 0 Å². The summed E-state index contributed by atoms with van der Waals surface area (Å²) in [6.07, 6.45) is 2.08. The van der Waals surface area contributed by atoms with E-state index in [9.17, 15) is 0 Å². The molecule has 3 heteroatoms. The van der Waals surface area contributed by atoms with E-state index in [0.717, 1.165) is 0 Å². The fourth-order valence-electron chi connectivity index (χ4n) is 1.92. The minimum absolute atomic E-state index is 0.0415. The summed E-state index contributed by atoms with van der Waals surface area (Å²) in [6.45, 7) is 0. The Hall–Kier alpha value is -1.29. The molecule has 0 spiro atoms. The molecule has 0 heterocycles. The maximum atomic E-state index is 5.70. The topological polar surface area (TPSA) is 38.0 Å². The summed E-state index contributed by atoms with van der Waals surface area (Å²) >= 11 is 1.74. The van der Waals surface area contributed by atoms with Crippen LogP contribution in [0.3, 0.4) is 0 Å². The van der Waals surface area contributed by atoms with Crippen molar-refractivity contribution >= 4 is 11.8 Å². The fraction of sp³-hybridized carbons (Fsp3) is 0.143. The Morgan fingerprint density at radius 3 is 2.29 bits per heavy atom. The van der Waals surface area contributed by atoms with Crippen LogP contribution in [-0.4, -0.2) is 6.26 Å². The molecule has 0 aromatic heterocycles. The molecule has 2 aromatic rings. The van der Waals surface area contributed by atoms with Gasteiger partial charge in [-0.2, -0.15) is 0 Å². The van der Waals surface area contributed by atoms with Crippen molar-refractivity contribution in [2.45, 2.75) is 10.9 Å². The van der Waals surface area contributed by atoms with Crippen molar-refractivity contribution < 1.29 is 0 Å². The van der Waals surface area contributed by atoms with Gasteiger partial charge in [0.15, 0.2) is 0 Å². The average Bonchev–Trinajstić information content (AvgIpc) is 2.41. The van der Waals surface area contributed by atoms with Crippen LogP contribution in [-0.2, 0) is 0 Å². The van der Waals surface area contributed by atoms with Gasteiger partial charge in [-0.25, -0.2) is 5.43 Å². The largest absolute Gasteiger partial charge is 0.271 e. The summed E-state index contributed by atoms with van der Waals surface area (Å²) < 4.78 is 0. The predicted octanol–water partition coefficient (Wildman–Crippen LogP) is 2.96. The van der Waals surface area contributed by atoms with Crippen molar-refractivity contribution in [3.8, 4) is 0 Å². The lowest BCUT2D eigenvalue weighted by Crippen LogP contribution is -2.29. The zero-order valence-corrected chi connectivity index (χ0v) is 10.6. The first-order valence-corrected chi connectivity index (χ1v) is 6.73. The Bertz CT molecular complexity index is 471. The van der Waals surface area contributed by atoms with Crippen LogP contribution >= 0.6 is 11.8 Å². The number of nitrogens with two attached hydrogens (primary N) is 1. The minimum atomic E-state index is 0.0415. The Labute approximate surface area is 106 Å². The van der Waals surface area contributed by atoms with Crippen molar-refractivity contribution in [2.75, 3.05) is 6.26 Å². The Morgan fingerprint density at radius 1 is 1.00 bits per heavy atom. The molecule has 88 valence electrons. The number of thioether (sulfide) groups is 1. The molecule has 2 aromatic carbocycles. The molecule has 0 fully saturated rings. The molecule has 3 N–H and O–H groups in total. The third kappa shape index (κ3) is 2.69. The van der Waals surface area contributed by atoms with E-state index in [4.69, 9.17) is 5.84 Å². The van der Waals surface area contributed by atoms with Crippen LogP contribution in [0.5, 0.6) is 0 Å². The first-order chi connectivity index (χ1) is 8.36. The van der Waals surface area contributed by atoms with Crippen LogP contribution in [0.25, 0.3) is 0 Å². The Morgan fingerprint density at radius 2 is 1.65 bits per heavy atom. The number of nitrogens with one attached hydrogen (secondary N) is 1. The van der Waals surface area contributed by atoms with Gasteiger partial charge in [-0.15, -0.1) is 11.8 Å². The van der Waals surface area contributed by atoms with Gasteiger partial charge in [-0.05, 0) is 23.4 Å². The molecule has 1 atom stereocenters. The third-order valence-corrected chi connectivity index (χ3v) is 3.56. The molecule has 0 aliphatic rings. The molecule has 0 saturated heterocycles. The predicted molar refractivity (Wildman–Crippen MR) is 73.8 cm³/mol. The van der Waals surface area contributed by atoms with Gasteiger partial charge < -0.3 is 0 Å². The number of hydrogen-bond donors (Lipinski definition) is 2. The molecule has 0 aliphatic carbocycles. The summed E-state index contributed by atoms with van der Waals surface area (Å²) in [7, 11) is 0. The highest BCUT2D eigenvalue weighted by molar-refractivity contribution is 7.98. The van der Waals surface area contributed by atoms with E-state index in [-0.39, 0.29) is 6.04 Å². The second-order valence-electron chi connectivity index (χ2n) is 3.75. The standard InChI is InChI=1S/C14H16N2S/c1-17-13-10-6-5-9-12(13)14(16-15)11-7-3-2-4-8-11/h2-10,14,16H,15H2,1H3. The van der Waals surface area contributed by atoms with E-state index < -0.39 is 0 Å². The van der Waals surface area contributed by atoms with Crippen LogP contribution in [0.2, 0.25) is 0 Å². The van der Waals surface area contributed by atoms with Gasteiger partial charge in [-0.1, -0.05) is 48.5 Å². The monoisotopic (exact) mass is 244 g/mol. The first-order valence-electron chi connectivity index (χ1n) is 5.51. The van der Waals surface area contributed by atoms with Gasteiger partial charge in [0.05, 0.1) is 6.04 Å². The number of hydrazine groups is 1. The number of benzene rings is 2. The van der Waals surface area contributed by atoms with Crippen molar-refractivity contribution in [1.82, 2.24) is 5.43 Å². The molecule has 0 saturated carbocycles. The van der Waals surface area contributed by atoms with E-state index >= 15 is 0 Å². The Kier molecular flexibility index (Phi) is 4.20. The van der Waals surface area contributed by atoms with E-state index in [1.165, 1.54) is 16.0 Å². The van der Waals surface area contributed by atoms with Crippen molar-refractivity contribution in [1.29, 1.82) is 0 Å². The van der Waals surface area contributed by atoms with Gasteiger partial charge in [0.25, 0.3) is 0 Å². The molecule has 17 heavy (non-hydrogen) atoms. The molecular weight excluding hydrogens is 228 g/mol. The van der Waals surface area contributed by atoms with Crippen LogP contribution in [0, 0.1) is 0 Å². The van der Waals surface area contributed by atoms with Gasteiger partial charge in [0.1, 0.15) is 0 Å². The molecule has 0 aliphatic heterocycles. The lowest BCUT2D eigenvalue weighted by atomic mass is 9.99. The molecule has 2 nitrogen and oxygen atoms in total. The molecule has 0 radical (unpaired) electrons. The molecular formula is C14H16N2S. The van der Waals surface area contributed by atoms with Crippen molar-refractivity contribution in [3.63, 3.8) is 0 Å². The van der Waals surface area contributed by atoms with Crippen molar-refractivity contribution in [2.24, 2.45) is 5.84 Å². The van der Waals surface area contributed by atoms with E-state index in [2.05, 4.69) is 35.9 Å². The lowest BCUT2D eigenvalue weighted by Gasteiger charge is -2.19. The minimum Gasteiger partial charge on any atom is -0.271 e. The zero-order chi connectivity index (χ0) is 12.1. The summed E-state index contributed by atoms with van der Waals surface area (Å²) in [5.41, 5.74) is 5.29.